The van der Waals surface area contributed by atoms with Crippen LogP contribution in [0.5, 0.6) is 0 Å². The summed E-state index contributed by atoms with van der Waals surface area (Å²) in [5.41, 5.74) is 6.48. The maximum atomic E-state index is 10.3. The van der Waals surface area contributed by atoms with Gasteiger partial charge >= 0.3 is 0 Å². The highest BCUT2D eigenvalue weighted by Crippen LogP contribution is 2.16. The van der Waals surface area contributed by atoms with Gasteiger partial charge in [0.1, 0.15) is 6.29 Å². The van der Waals surface area contributed by atoms with E-state index in [1.807, 2.05) is 0 Å². The zero-order valence-electron chi connectivity index (χ0n) is 5.99. The lowest BCUT2D eigenvalue weighted by atomic mass is 9.96. The van der Waals surface area contributed by atoms with Crippen LogP contribution in [0.2, 0.25) is 0 Å². The molecule has 58 valence electrons. The van der Waals surface area contributed by atoms with Crippen molar-refractivity contribution in [3.8, 4) is 0 Å². The Morgan fingerprint density at radius 3 is 2.73 bits per heavy atom. The SMILES string of the molecule is NC1=C(C=O)C=CC(C=O)C1. The van der Waals surface area contributed by atoms with Gasteiger partial charge in [0.25, 0.3) is 0 Å². The number of hydrogen-bond donors (Lipinski definition) is 1. The average Bonchev–Trinajstić information content (AvgIpc) is 2.04. The van der Waals surface area contributed by atoms with E-state index in [0.29, 0.717) is 24.0 Å². The van der Waals surface area contributed by atoms with Crippen molar-refractivity contribution in [1.82, 2.24) is 0 Å². The Labute approximate surface area is 64.6 Å². The monoisotopic (exact) mass is 151 g/mol. The van der Waals surface area contributed by atoms with Crippen molar-refractivity contribution in [3.05, 3.63) is 23.4 Å². The molecule has 0 spiro atoms. The fourth-order valence-corrected chi connectivity index (χ4v) is 0.983. The highest BCUT2D eigenvalue weighted by molar-refractivity contribution is 5.80. The summed E-state index contributed by atoms with van der Waals surface area (Å²) in [6.07, 6.45) is 5.27. The van der Waals surface area contributed by atoms with E-state index in [1.165, 1.54) is 0 Å². The molecule has 0 aromatic carbocycles. The summed E-state index contributed by atoms with van der Waals surface area (Å²) in [6, 6.07) is 0. The molecule has 0 amide bonds. The lowest BCUT2D eigenvalue weighted by molar-refractivity contribution is -0.110. The normalized spacial score (nSPS) is 23.5. The van der Waals surface area contributed by atoms with Gasteiger partial charge in [-0.05, 0) is 0 Å². The molecule has 0 saturated heterocycles. The van der Waals surface area contributed by atoms with Crippen molar-refractivity contribution in [2.75, 3.05) is 0 Å². The third kappa shape index (κ3) is 1.55. The quantitative estimate of drug-likeness (QED) is 0.572. The number of aldehydes is 2. The van der Waals surface area contributed by atoms with Crippen LogP contribution in [0, 0.1) is 5.92 Å². The maximum Gasteiger partial charge on any atom is 0.151 e. The summed E-state index contributed by atoms with van der Waals surface area (Å²) in [7, 11) is 0. The molecule has 0 aliphatic heterocycles. The molecule has 0 fully saturated rings. The summed E-state index contributed by atoms with van der Waals surface area (Å²) >= 11 is 0. The topological polar surface area (TPSA) is 60.2 Å². The number of allylic oxidation sites excluding steroid dienone is 4. The van der Waals surface area contributed by atoms with Gasteiger partial charge in [0.05, 0.1) is 0 Å². The van der Waals surface area contributed by atoms with Gasteiger partial charge in [-0.15, -0.1) is 0 Å². The Morgan fingerprint density at radius 1 is 1.55 bits per heavy atom. The zero-order chi connectivity index (χ0) is 8.27. The molecule has 1 rings (SSSR count). The summed E-state index contributed by atoms with van der Waals surface area (Å²) in [5.74, 6) is -0.154. The van der Waals surface area contributed by atoms with Crippen molar-refractivity contribution in [2.45, 2.75) is 6.42 Å². The minimum absolute atomic E-state index is 0.154. The van der Waals surface area contributed by atoms with E-state index in [9.17, 15) is 9.59 Å². The van der Waals surface area contributed by atoms with E-state index >= 15 is 0 Å². The summed E-state index contributed by atoms with van der Waals surface area (Å²) < 4.78 is 0. The zero-order valence-corrected chi connectivity index (χ0v) is 5.99. The lowest BCUT2D eigenvalue weighted by Gasteiger charge is -2.11. The predicted octanol–water partition coefficient (Wildman–Crippen LogP) is 0.173. The molecular weight excluding hydrogens is 142 g/mol. The first-order valence-corrected chi connectivity index (χ1v) is 3.35. The second-order valence-corrected chi connectivity index (χ2v) is 2.46. The molecule has 3 heteroatoms. The molecule has 1 aliphatic carbocycles. The van der Waals surface area contributed by atoms with Gasteiger partial charge in [-0.3, -0.25) is 4.79 Å². The first-order valence-electron chi connectivity index (χ1n) is 3.35. The molecule has 1 unspecified atom stereocenters. The van der Waals surface area contributed by atoms with E-state index in [0.717, 1.165) is 6.29 Å². The number of rotatable bonds is 2. The van der Waals surface area contributed by atoms with E-state index in [4.69, 9.17) is 5.73 Å². The second-order valence-electron chi connectivity index (χ2n) is 2.46. The molecule has 0 saturated carbocycles. The molecule has 0 aromatic heterocycles. The highest BCUT2D eigenvalue weighted by Gasteiger charge is 2.12. The molecule has 2 N–H and O–H groups in total. The third-order valence-corrected chi connectivity index (χ3v) is 1.65. The van der Waals surface area contributed by atoms with Gasteiger partial charge in [-0.25, -0.2) is 0 Å². The fourth-order valence-electron chi connectivity index (χ4n) is 0.983. The summed E-state index contributed by atoms with van der Waals surface area (Å²) in [6.45, 7) is 0. The lowest BCUT2D eigenvalue weighted by Crippen LogP contribution is -2.12. The van der Waals surface area contributed by atoms with Crippen LogP contribution < -0.4 is 5.73 Å². The largest absolute Gasteiger partial charge is 0.401 e. The molecule has 11 heavy (non-hydrogen) atoms. The van der Waals surface area contributed by atoms with Crippen LogP contribution in [0.1, 0.15) is 6.42 Å². The van der Waals surface area contributed by atoms with Crippen LogP contribution >= 0.6 is 0 Å². The van der Waals surface area contributed by atoms with Crippen molar-refractivity contribution >= 4 is 12.6 Å². The molecule has 3 nitrogen and oxygen atoms in total. The molecule has 0 radical (unpaired) electrons. The Morgan fingerprint density at radius 2 is 2.27 bits per heavy atom. The molecule has 1 aliphatic rings. The first-order chi connectivity index (χ1) is 5.27. The average molecular weight is 151 g/mol. The first kappa shape index (κ1) is 7.72. The second kappa shape index (κ2) is 3.14. The summed E-state index contributed by atoms with van der Waals surface area (Å²) in [4.78, 5) is 20.6. The predicted molar refractivity (Wildman–Crippen MR) is 40.6 cm³/mol. The molecule has 1 atom stereocenters. The number of carbonyl (C=O) groups excluding carboxylic acids is 2. The van der Waals surface area contributed by atoms with Gasteiger partial charge in [0.2, 0.25) is 0 Å². The standard InChI is InChI=1S/C8H9NO2/c9-8-3-6(4-10)1-2-7(8)5-11/h1-2,4-6H,3,9H2. The van der Waals surface area contributed by atoms with Crippen LogP contribution in [0.4, 0.5) is 0 Å². The minimum Gasteiger partial charge on any atom is -0.401 e. The Bertz CT molecular complexity index is 240. The maximum absolute atomic E-state index is 10.3. The van der Waals surface area contributed by atoms with Gasteiger partial charge in [-0.1, -0.05) is 12.2 Å². The van der Waals surface area contributed by atoms with Crippen LogP contribution in [0.3, 0.4) is 0 Å². The van der Waals surface area contributed by atoms with Crippen molar-refractivity contribution < 1.29 is 9.59 Å². The minimum atomic E-state index is -0.154. The van der Waals surface area contributed by atoms with Gasteiger partial charge in [-0.2, -0.15) is 0 Å². The Balaban J connectivity index is 2.81. The van der Waals surface area contributed by atoms with Crippen molar-refractivity contribution in [1.29, 1.82) is 0 Å². The Kier molecular flexibility index (Phi) is 2.21. The van der Waals surface area contributed by atoms with Crippen LogP contribution in [0.15, 0.2) is 23.4 Å². The van der Waals surface area contributed by atoms with Crippen LogP contribution in [-0.2, 0) is 9.59 Å². The van der Waals surface area contributed by atoms with Crippen LogP contribution in [-0.4, -0.2) is 12.6 Å². The number of nitrogens with two attached hydrogens (primary N) is 1. The van der Waals surface area contributed by atoms with E-state index in [-0.39, 0.29) is 5.92 Å². The van der Waals surface area contributed by atoms with Crippen molar-refractivity contribution in [2.24, 2.45) is 11.7 Å². The number of carbonyl (C=O) groups is 2. The van der Waals surface area contributed by atoms with E-state index in [1.54, 1.807) is 12.2 Å². The third-order valence-electron chi connectivity index (χ3n) is 1.65. The molecule has 0 aromatic rings. The molecule has 0 bridgehead atoms. The molecule has 0 heterocycles. The van der Waals surface area contributed by atoms with Crippen molar-refractivity contribution in [3.63, 3.8) is 0 Å². The van der Waals surface area contributed by atoms with Gasteiger partial charge < -0.3 is 10.5 Å². The fraction of sp³-hybridized carbons (Fsp3) is 0.250. The van der Waals surface area contributed by atoms with Crippen LogP contribution in [0.25, 0.3) is 0 Å². The smallest absolute Gasteiger partial charge is 0.151 e. The molecular formula is C8H9NO2. The summed E-state index contributed by atoms with van der Waals surface area (Å²) in [5, 5.41) is 0. The van der Waals surface area contributed by atoms with Gasteiger partial charge in [0, 0.05) is 23.6 Å². The van der Waals surface area contributed by atoms with Gasteiger partial charge in [0.15, 0.2) is 6.29 Å². The number of hydrogen-bond acceptors (Lipinski definition) is 3. The van der Waals surface area contributed by atoms with E-state index < -0.39 is 0 Å². The van der Waals surface area contributed by atoms with E-state index in [2.05, 4.69) is 0 Å². The highest BCUT2D eigenvalue weighted by atomic mass is 16.1. The Hall–Kier alpha value is -1.38.